The second-order valence-electron chi connectivity index (χ2n) is 5.26. The van der Waals surface area contributed by atoms with Crippen LogP contribution in [-0.4, -0.2) is 47.1 Å². The van der Waals surface area contributed by atoms with E-state index in [1.807, 2.05) is 11.8 Å². The molecular formula is C14H26N2O3. The molecule has 0 aromatic rings. The van der Waals surface area contributed by atoms with E-state index in [1.165, 1.54) is 0 Å². The molecule has 0 radical (unpaired) electrons. The fourth-order valence-electron chi connectivity index (χ4n) is 2.55. The molecule has 1 saturated heterocycles. The summed E-state index contributed by atoms with van der Waals surface area (Å²) in [6, 6.07) is -0.884. The normalized spacial score (nSPS) is 22.5. The van der Waals surface area contributed by atoms with E-state index in [2.05, 4.69) is 12.2 Å². The Kier molecular flexibility index (Phi) is 6.84. The molecular weight excluding hydrogens is 244 g/mol. The lowest BCUT2D eigenvalue weighted by Gasteiger charge is -2.31. The highest BCUT2D eigenvalue weighted by atomic mass is 16.4. The second kappa shape index (κ2) is 8.15. The highest BCUT2D eigenvalue weighted by molar-refractivity contribution is 5.82. The predicted molar refractivity (Wildman–Crippen MR) is 74.0 cm³/mol. The van der Waals surface area contributed by atoms with E-state index in [0.717, 1.165) is 32.1 Å². The summed E-state index contributed by atoms with van der Waals surface area (Å²) in [6.45, 7) is 5.25. The van der Waals surface area contributed by atoms with Gasteiger partial charge < -0.3 is 10.4 Å². The molecule has 0 spiro atoms. The van der Waals surface area contributed by atoms with Gasteiger partial charge in [0.05, 0.1) is 6.04 Å². The smallest absolute Gasteiger partial charge is 0.320 e. The number of hydrogen-bond acceptors (Lipinski definition) is 3. The third-order valence-corrected chi connectivity index (χ3v) is 3.79. The number of likely N-dealkylation sites (tertiary alicyclic amines) is 1. The number of rotatable bonds is 6. The molecule has 2 atom stereocenters. The Bertz CT molecular complexity index is 307. The molecule has 110 valence electrons. The zero-order valence-electron chi connectivity index (χ0n) is 12.0. The summed E-state index contributed by atoms with van der Waals surface area (Å²) in [5, 5.41) is 12.2. The van der Waals surface area contributed by atoms with Crippen LogP contribution >= 0.6 is 0 Å². The molecule has 1 aliphatic rings. The molecule has 5 nitrogen and oxygen atoms in total. The molecule has 0 aromatic carbocycles. The van der Waals surface area contributed by atoms with E-state index in [4.69, 9.17) is 0 Å². The molecule has 0 saturated carbocycles. The predicted octanol–water partition coefficient (Wildman–Crippen LogP) is 1.62. The Hall–Kier alpha value is -1.10. The maximum absolute atomic E-state index is 12.1. The van der Waals surface area contributed by atoms with Gasteiger partial charge in [0.25, 0.3) is 0 Å². The van der Waals surface area contributed by atoms with Gasteiger partial charge in [0.2, 0.25) is 5.91 Å². The van der Waals surface area contributed by atoms with Crippen LogP contribution in [0.1, 0.15) is 52.4 Å². The van der Waals surface area contributed by atoms with Crippen molar-refractivity contribution in [1.82, 2.24) is 10.2 Å². The summed E-state index contributed by atoms with van der Waals surface area (Å²) in [5.74, 6) is -0.864. The second-order valence-corrected chi connectivity index (χ2v) is 5.26. The van der Waals surface area contributed by atoms with Crippen LogP contribution in [0.25, 0.3) is 0 Å². The van der Waals surface area contributed by atoms with Gasteiger partial charge in [0.15, 0.2) is 0 Å². The molecule has 1 rings (SSSR count). The summed E-state index contributed by atoms with van der Waals surface area (Å²) >= 11 is 0. The number of unbranched alkanes of at least 4 members (excludes halogenated alkanes) is 1. The van der Waals surface area contributed by atoms with Gasteiger partial charge in [-0.1, -0.05) is 26.2 Å². The van der Waals surface area contributed by atoms with Crippen LogP contribution in [0.4, 0.5) is 0 Å². The molecule has 1 amide bonds. The van der Waals surface area contributed by atoms with Crippen molar-refractivity contribution in [3.05, 3.63) is 0 Å². The maximum Gasteiger partial charge on any atom is 0.320 e. The highest BCUT2D eigenvalue weighted by Gasteiger charge is 2.33. The molecule has 0 aromatic heterocycles. The van der Waals surface area contributed by atoms with E-state index in [-0.39, 0.29) is 11.9 Å². The number of nitrogens with one attached hydrogen (secondary N) is 1. The summed E-state index contributed by atoms with van der Waals surface area (Å²) in [4.78, 5) is 25.2. The van der Waals surface area contributed by atoms with Crippen LogP contribution < -0.4 is 5.32 Å². The fourth-order valence-corrected chi connectivity index (χ4v) is 2.55. The Morgan fingerprint density at radius 3 is 2.74 bits per heavy atom. The lowest BCUT2D eigenvalue weighted by atomic mass is 10.1. The number of amides is 1. The van der Waals surface area contributed by atoms with Gasteiger partial charge in [0.1, 0.15) is 6.04 Å². The van der Waals surface area contributed by atoms with Gasteiger partial charge in [0, 0.05) is 6.54 Å². The zero-order chi connectivity index (χ0) is 14.3. The highest BCUT2D eigenvalue weighted by Crippen LogP contribution is 2.19. The van der Waals surface area contributed by atoms with Gasteiger partial charge in [-0.2, -0.15) is 0 Å². The number of carbonyl (C=O) groups is 2. The standard InChI is InChI=1S/C14H26N2O3/c1-3-4-9-15-13(17)11(2)16-10-7-5-6-8-12(16)14(18)19/h11-12H,3-10H2,1-2H3,(H,15,17)(H,18,19). The van der Waals surface area contributed by atoms with Crippen molar-refractivity contribution in [3.8, 4) is 0 Å². The lowest BCUT2D eigenvalue weighted by Crippen LogP contribution is -2.52. The molecule has 1 fully saturated rings. The molecule has 5 heteroatoms. The Morgan fingerprint density at radius 2 is 2.11 bits per heavy atom. The van der Waals surface area contributed by atoms with Crippen molar-refractivity contribution in [2.24, 2.45) is 0 Å². The van der Waals surface area contributed by atoms with Gasteiger partial charge in [-0.15, -0.1) is 0 Å². The van der Waals surface area contributed by atoms with E-state index in [1.54, 1.807) is 0 Å². The minimum atomic E-state index is -0.810. The average Bonchev–Trinajstić information content (AvgIpc) is 2.63. The number of nitrogens with zero attached hydrogens (tertiary/aromatic N) is 1. The number of carboxylic acids is 1. The van der Waals surface area contributed by atoms with Gasteiger partial charge in [-0.05, 0) is 32.7 Å². The van der Waals surface area contributed by atoms with Crippen molar-refractivity contribution in [1.29, 1.82) is 0 Å². The minimum absolute atomic E-state index is 0.0541. The number of aliphatic carboxylic acids is 1. The lowest BCUT2D eigenvalue weighted by molar-refractivity contribution is -0.145. The van der Waals surface area contributed by atoms with Crippen molar-refractivity contribution < 1.29 is 14.7 Å². The Labute approximate surface area is 115 Å². The van der Waals surface area contributed by atoms with Crippen molar-refractivity contribution in [2.75, 3.05) is 13.1 Å². The minimum Gasteiger partial charge on any atom is -0.480 e. The Balaban J connectivity index is 2.61. The van der Waals surface area contributed by atoms with Crippen LogP contribution in [0.2, 0.25) is 0 Å². The fraction of sp³-hybridized carbons (Fsp3) is 0.857. The van der Waals surface area contributed by atoms with Crippen LogP contribution in [0.5, 0.6) is 0 Å². The maximum atomic E-state index is 12.1. The van der Waals surface area contributed by atoms with E-state index >= 15 is 0 Å². The van der Waals surface area contributed by atoms with Crippen LogP contribution in [-0.2, 0) is 9.59 Å². The first-order valence-electron chi connectivity index (χ1n) is 7.34. The van der Waals surface area contributed by atoms with Crippen molar-refractivity contribution >= 4 is 11.9 Å². The summed E-state index contributed by atoms with van der Waals surface area (Å²) in [6.07, 6.45) is 5.58. The summed E-state index contributed by atoms with van der Waals surface area (Å²) in [7, 11) is 0. The van der Waals surface area contributed by atoms with Crippen LogP contribution in [0.3, 0.4) is 0 Å². The molecule has 1 aliphatic heterocycles. The zero-order valence-corrected chi connectivity index (χ0v) is 12.0. The third-order valence-electron chi connectivity index (χ3n) is 3.79. The van der Waals surface area contributed by atoms with Gasteiger partial charge >= 0.3 is 5.97 Å². The largest absolute Gasteiger partial charge is 0.480 e. The molecule has 2 unspecified atom stereocenters. The van der Waals surface area contributed by atoms with E-state index in [9.17, 15) is 14.7 Å². The molecule has 1 heterocycles. The van der Waals surface area contributed by atoms with Crippen molar-refractivity contribution in [2.45, 2.75) is 64.5 Å². The number of hydrogen-bond donors (Lipinski definition) is 2. The van der Waals surface area contributed by atoms with Gasteiger partial charge in [-0.3, -0.25) is 14.5 Å². The topological polar surface area (TPSA) is 69.6 Å². The number of carbonyl (C=O) groups excluding carboxylic acids is 1. The van der Waals surface area contributed by atoms with Crippen LogP contribution in [0.15, 0.2) is 0 Å². The Morgan fingerprint density at radius 1 is 1.37 bits per heavy atom. The monoisotopic (exact) mass is 270 g/mol. The third kappa shape index (κ3) is 4.82. The first-order chi connectivity index (χ1) is 9.07. The average molecular weight is 270 g/mol. The van der Waals surface area contributed by atoms with E-state index in [0.29, 0.717) is 19.5 Å². The SMILES string of the molecule is CCCCNC(=O)C(C)N1CCCCCC1C(=O)O. The summed E-state index contributed by atoms with van der Waals surface area (Å²) in [5.41, 5.74) is 0. The van der Waals surface area contributed by atoms with Crippen molar-refractivity contribution in [3.63, 3.8) is 0 Å². The first-order valence-corrected chi connectivity index (χ1v) is 7.34. The van der Waals surface area contributed by atoms with Crippen LogP contribution in [0, 0.1) is 0 Å². The van der Waals surface area contributed by atoms with Gasteiger partial charge in [-0.25, -0.2) is 0 Å². The van der Waals surface area contributed by atoms with E-state index < -0.39 is 12.0 Å². The quantitative estimate of drug-likeness (QED) is 0.720. The molecule has 2 N–H and O–H groups in total. The molecule has 19 heavy (non-hydrogen) atoms. The first kappa shape index (κ1) is 16.0. The molecule has 0 aliphatic carbocycles. The molecule has 0 bridgehead atoms. The number of carboxylic acid groups (broad SMARTS) is 1. The summed E-state index contributed by atoms with van der Waals surface area (Å²) < 4.78 is 0.